The predicted molar refractivity (Wildman–Crippen MR) is 50.0 cm³/mol. The van der Waals surface area contributed by atoms with Gasteiger partial charge >= 0.3 is 0 Å². The van der Waals surface area contributed by atoms with Gasteiger partial charge < -0.3 is 9.73 Å². The van der Waals surface area contributed by atoms with E-state index in [9.17, 15) is 4.79 Å². The zero-order chi connectivity index (χ0) is 10.7. The molecule has 0 bridgehead atoms. The molecule has 2 heterocycles. The first-order valence-electron chi connectivity index (χ1n) is 4.08. The Bertz CT molecular complexity index is 506. The summed E-state index contributed by atoms with van der Waals surface area (Å²) in [6, 6.07) is 3.42. The Kier molecular flexibility index (Phi) is 2.21. The zero-order valence-corrected chi connectivity index (χ0v) is 7.52. The minimum absolute atomic E-state index is 0.281. The van der Waals surface area contributed by atoms with E-state index in [2.05, 4.69) is 15.5 Å². The highest BCUT2D eigenvalue weighted by molar-refractivity contribution is 6.03. The second kappa shape index (κ2) is 3.67. The van der Waals surface area contributed by atoms with Gasteiger partial charge in [-0.05, 0) is 6.07 Å². The molecule has 0 atom stereocenters. The number of nitrogens with zero attached hydrogens (tertiary/aromatic N) is 2. The van der Waals surface area contributed by atoms with Crippen LogP contribution in [0.1, 0.15) is 15.9 Å². The van der Waals surface area contributed by atoms with Gasteiger partial charge in [-0.3, -0.25) is 9.89 Å². The number of hydrogen-bond donors (Lipinski definition) is 2. The van der Waals surface area contributed by atoms with Crippen molar-refractivity contribution in [3.8, 4) is 6.07 Å². The van der Waals surface area contributed by atoms with Gasteiger partial charge in [0.1, 0.15) is 23.7 Å². The third-order valence-electron chi connectivity index (χ3n) is 1.78. The molecule has 1 amide bonds. The molecule has 0 radical (unpaired) electrons. The lowest BCUT2D eigenvalue weighted by atomic mass is 10.3. The van der Waals surface area contributed by atoms with Crippen molar-refractivity contribution in [3.63, 3.8) is 0 Å². The van der Waals surface area contributed by atoms with Gasteiger partial charge in [0.15, 0.2) is 0 Å². The fraction of sp³-hybridized carbons (Fsp3) is 0. The van der Waals surface area contributed by atoms with E-state index in [0.717, 1.165) is 0 Å². The van der Waals surface area contributed by atoms with Crippen molar-refractivity contribution < 1.29 is 9.21 Å². The van der Waals surface area contributed by atoms with Crippen LogP contribution in [0.25, 0.3) is 0 Å². The molecule has 2 rings (SSSR count). The molecule has 0 saturated carbocycles. The fourth-order valence-corrected chi connectivity index (χ4v) is 1.05. The van der Waals surface area contributed by atoms with Gasteiger partial charge in [-0.15, -0.1) is 0 Å². The molecule has 2 N–H and O–H groups in total. The first kappa shape index (κ1) is 9.02. The molecule has 0 fully saturated rings. The van der Waals surface area contributed by atoms with Crippen molar-refractivity contribution >= 4 is 11.7 Å². The molecule has 0 aliphatic heterocycles. The van der Waals surface area contributed by atoms with Crippen LogP contribution >= 0.6 is 0 Å². The highest BCUT2D eigenvalue weighted by atomic mass is 16.3. The molecule has 0 spiro atoms. The van der Waals surface area contributed by atoms with Crippen molar-refractivity contribution in [2.24, 2.45) is 0 Å². The average Bonchev–Trinajstić information content (AvgIpc) is 2.87. The van der Waals surface area contributed by atoms with Crippen LogP contribution in [0.4, 0.5) is 5.82 Å². The number of H-pyrrole nitrogens is 1. The van der Waals surface area contributed by atoms with Crippen LogP contribution in [0.2, 0.25) is 0 Å². The summed E-state index contributed by atoms with van der Waals surface area (Å²) in [4.78, 5) is 11.5. The molecule has 2 aromatic heterocycles. The fourth-order valence-electron chi connectivity index (χ4n) is 1.05. The Hall–Kier alpha value is -2.55. The normalized spacial score (nSPS) is 9.53. The van der Waals surface area contributed by atoms with Gasteiger partial charge in [0.25, 0.3) is 5.91 Å². The minimum Gasteiger partial charge on any atom is -0.472 e. The summed E-state index contributed by atoms with van der Waals surface area (Å²) in [6.45, 7) is 0. The third-order valence-corrected chi connectivity index (χ3v) is 1.78. The van der Waals surface area contributed by atoms with E-state index in [1.54, 1.807) is 0 Å². The van der Waals surface area contributed by atoms with Crippen molar-refractivity contribution in [1.29, 1.82) is 5.26 Å². The lowest BCUT2D eigenvalue weighted by Gasteiger charge is -1.99. The number of carbonyl (C=O) groups is 1. The number of amides is 1. The Morgan fingerprint density at radius 2 is 2.53 bits per heavy atom. The van der Waals surface area contributed by atoms with Crippen LogP contribution in [0.5, 0.6) is 0 Å². The Labute approximate surface area is 84.5 Å². The molecule has 15 heavy (non-hydrogen) atoms. The highest BCUT2D eigenvalue weighted by Gasteiger charge is 2.11. The number of aromatic nitrogens is 2. The molecule has 0 aromatic carbocycles. The number of nitrogens with one attached hydrogen (secondary N) is 2. The predicted octanol–water partition coefficient (Wildman–Crippen LogP) is 1.13. The van der Waals surface area contributed by atoms with Gasteiger partial charge in [-0.1, -0.05) is 0 Å². The Morgan fingerprint density at radius 3 is 3.20 bits per heavy atom. The molecule has 74 valence electrons. The number of furan rings is 1. The van der Waals surface area contributed by atoms with Crippen LogP contribution in [-0.2, 0) is 0 Å². The minimum atomic E-state index is -0.357. The largest absolute Gasteiger partial charge is 0.472 e. The lowest BCUT2D eigenvalue weighted by Crippen LogP contribution is -2.11. The molecule has 0 saturated heterocycles. The van der Waals surface area contributed by atoms with E-state index < -0.39 is 0 Å². The lowest BCUT2D eigenvalue weighted by molar-refractivity contribution is 0.102. The summed E-state index contributed by atoms with van der Waals surface area (Å²) in [5.41, 5.74) is 0.667. The van der Waals surface area contributed by atoms with Gasteiger partial charge in [-0.2, -0.15) is 10.4 Å². The van der Waals surface area contributed by atoms with Crippen LogP contribution in [-0.4, -0.2) is 16.1 Å². The van der Waals surface area contributed by atoms with Crippen LogP contribution in [0.15, 0.2) is 29.2 Å². The number of nitriles is 1. The van der Waals surface area contributed by atoms with Gasteiger partial charge in [-0.25, -0.2) is 0 Å². The second-order valence-corrected chi connectivity index (χ2v) is 2.74. The molecular weight excluding hydrogens is 196 g/mol. The van der Waals surface area contributed by atoms with Gasteiger partial charge in [0, 0.05) is 0 Å². The van der Waals surface area contributed by atoms with E-state index in [1.165, 1.54) is 24.8 Å². The van der Waals surface area contributed by atoms with E-state index in [-0.39, 0.29) is 17.3 Å². The van der Waals surface area contributed by atoms with Crippen molar-refractivity contribution in [2.75, 3.05) is 5.32 Å². The van der Waals surface area contributed by atoms with Crippen molar-refractivity contribution in [1.82, 2.24) is 10.2 Å². The maximum absolute atomic E-state index is 11.5. The number of hydrogen-bond acceptors (Lipinski definition) is 4. The summed E-state index contributed by atoms with van der Waals surface area (Å²) in [6.07, 6.45) is 4.05. The number of rotatable bonds is 2. The number of aromatic amines is 1. The third kappa shape index (κ3) is 1.71. The SMILES string of the molecule is N#Cc1cn[nH]c1NC(=O)c1ccoc1. The molecule has 0 unspecified atom stereocenters. The monoisotopic (exact) mass is 202 g/mol. The molecule has 6 nitrogen and oxygen atoms in total. The Morgan fingerprint density at radius 1 is 1.67 bits per heavy atom. The van der Waals surface area contributed by atoms with E-state index in [4.69, 9.17) is 9.68 Å². The van der Waals surface area contributed by atoms with Crippen LogP contribution < -0.4 is 5.32 Å². The standard InChI is InChI=1S/C9H6N4O2/c10-3-7-4-11-13-8(7)12-9(14)6-1-2-15-5-6/h1-2,4-5H,(H2,11,12,13,14). The molecule has 0 aliphatic carbocycles. The van der Waals surface area contributed by atoms with Crippen LogP contribution in [0, 0.1) is 11.3 Å². The first-order valence-corrected chi connectivity index (χ1v) is 4.08. The smallest absolute Gasteiger partial charge is 0.260 e. The summed E-state index contributed by atoms with van der Waals surface area (Å²) in [5, 5.41) is 17.3. The van der Waals surface area contributed by atoms with Crippen molar-refractivity contribution in [2.45, 2.75) is 0 Å². The summed E-state index contributed by atoms with van der Waals surface area (Å²) < 4.78 is 4.76. The number of anilines is 1. The summed E-state index contributed by atoms with van der Waals surface area (Å²) in [5.74, 6) is -0.0757. The van der Waals surface area contributed by atoms with E-state index in [1.807, 2.05) is 6.07 Å². The topological polar surface area (TPSA) is 94.7 Å². The van der Waals surface area contributed by atoms with Crippen LogP contribution in [0.3, 0.4) is 0 Å². The number of carbonyl (C=O) groups excluding carboxylic acids is 1. The van der Waals surface area contributed by atoms with E-state index >= 15 is 0 Å². The highest BCUT2D eigenvalue weighted by Crippen LogP contribution is 2.11. The van der Waals surface area contributed by atoms with E-state index in [0.29, 0.717) is 5.56 Å². The van der Waals surface area contributed by atoms with Gasteiger partial charge in [0.2, 0.25) is 0 Å². The molecular formula is C9H6N4O2. The maximum atomic E-state index is 11.5. The maximum Gasteiger partial charge on any atom is 0.260 e. The quantitative estimate of drug-likeness (QED) is 0.762. The first-order chi connectivity index (χ1) is 7.31. The summed E-state index contributed by atoms with van der Waals surface area (Å²) in [7, 11) is 0. The average molecular weight is 202 g/mol. The molecule has 0 aliphatic rings. The molecule has 6 heteroatoms. The Balaban J connectivity index is 2.17. The van der Waals surface area contributed by atoms with Gasteiger partial charge in [0.05, 0.1) is 18.0 Å². The van der Waals surface area contributed by atoms with Crippen molar-refractivity contribution in [3.05, 3.63) is 35.9 Å². The zero-order valence-electron chi connectivity index (χ0n) is 7.52. The second-order valence-electron chi connectivity index (χ2n) is 2.74. The molecule has 2 aromatic rings. The summed E-state index contributed by atoms with van der Waals surface area (Å²) >= 11 is 0.